The van der Waals surface area contributed by atoms with Gasteiger partial charge in [-0.3, -0.25) is 0 Å². The van der Waals surface area contributed by atoms with E-state index >= 15 is 0 Å². The smallest absolute Gasteiger partial charge is 0.336 e. The summed E-state index contributed by atoms with van der Waals surface area (Å²) in [5, 5.41) is 10.1. The Balaban J connectivity index is 2.39. The second kappa shape index (κ2) is 6.58. The third-order valence-electron chi connectivity index (χ3n) is 3.43. The fourth-order valence-corrected chi connectivity index (χ4v) is 3.59. The number of nitrogens with zero attached hydrogens (tertiary/aromatic N) is 2. The van der Waals surface area contributed by atoms with Crippen molar-refractivity contribution in [3.05, 3.63) is 40.7 Å². The number of aliphatic carboxylic acids is 1. The molecule has 0 radical (unpaired) electrons. The second-order valence-corrected chi connectivity index (χ2v) is 7.58. The van der Waals surface area contributed by atoms with E-state index in [1.165, 1.54) is 18.2 Å². The van der Waals surface area contributed by atoms with Gasteiger partial charge in [-0.2, -0.15) is 0 Å². The molecule has 2 aromatic heterocycles. The van der Waals surface area contributed by atoms with Gasteiger partial charge in [-0.15, -0.1) is 11.3 Å². The lowest BCUT2D eigenvalue weighted by Gasteiger charge is -2.16. The van der Waals surface area contributed by atoms with Crippen molar-refractivity contribution in [2.24, 2.45) is 0 Å². The molecule has 0 amide bonds. The molecule has 6 heteroatoms. The number of thiazole rings is 1. The lowest BCUT2D eigenvalue weighted by molar-refractivity contribution is -0.133. The predicted octanol–water partition coefficient (Wildman–Crippen LogP) is 3.83. The van der Waals surface area contributed by atoms with E-state index < -0.39 is 5.97 Å². The Morgan fingerprint density at radius 2 is 2.17 bits per heavy atom. The van der Waals surface area contributed by atoms with Gasteiger partial charge in [0.2, 0.25) is 0 Å². The van der Waals surface area contributed by atoms with Gasteiger partial charge in [0.1, 0.15) is 5.01 Å². The van der Waals surface area contributed by atoms with Gasteiger partial charge >= 0.3 is 5.97 Å². The molecule has 0 aliphatic heterocycles. The van der Waals surface area contributed by atoms with Crippen molar-refractivity contribution in [3.63, 3.8) is 0 Å². The summed E-state index contributed by atoms with van der Waals surface area (Å²) < 4.78 is 6.74. The van der Waals surface area contributed by atoms with Crippen molar-refractivity contribution in [1.82, 2.24) is 9.55 Å². The summed E-state index contributed by atoms with van der Waals surface area (Å²) in [5.74, 6) is -0.989. The fraction of sp³-hybridized carbons (Fsp3) is 0.412. The van der Waals surface area contributed by atoms with Crippen LogP contribution in [0.1, 0.15) is 31.3 Å². The molecule has 0 aromatic carbocycles. The molecule has 1 N–H and O–H groups in total. The molecule has 0 spiro atoms. The molecule has 0 bridgehead atoms. The minimum absolute atomic E-state index is 0.0154. The van der Waals surface area contributed by atoms with Crippen LogP contribution in [0.2, 0.25) is 0 Å². The molecule has 5 nitrogen and oxygen atoms in total. The van der Waals surface area contributed by atoms with Gasteiger partial charge in [-0.05, 0) is 19.1 Å². The van der Waals surface area contributed by atoms with Crippen molar-refractivity contribution in [1.29, 1.82) is 0 Å². The molecular weight excluding hydrogens is 312 g/mol. The first-order chi connectivity index (χ1) is 10.7. The number of carboxylic acid groups (broad SMARTS) is 1. The molecule has 2 rings (SSSR count). The predicted molar refractivity (Wildman–Crippen MR) is 91.7 cm³/mol. The molecule has 0 atom stereocenters. The second-order valence-electron chi connectivity index (χ2n) is 6.38. The monoisotopic (exact) mass is 334 g/mol. The molecule has 2 aromatic rings. The highest BCUT2D eigenvalue weighted by atomic mass is 32.1. The number of hydrogen-bond acceptors (Lipinski definition) is 4. The van der Waals surface area contributed by atoms with Gasteiger partial charge < -0.3 is 14.4 Å². The van der Waals surface area contributed by atoms with Crippen molar-refractivity contribution in [2.75, 3.05) is 7.11 Å². The minimum atomic E-state index is -0.989. The highest BCUT2D eigenvalue weighted by Crippen LogP contribution is 2.34. The molecule has 2 heterocycles. The molecular formula is C17H22N2O3S. The zero-order chi connectivity index (χ0) is 17.2. The molecule has 124 valence electrons. The van der Waals surface area contributed by atoms with Gasteiger partial charge in [0.05, 0.1) is 36.9 Å². The Kier molecular flexibility index (Phi) is 4.94. The topological polar surface area (TPSA) is 64.4 Å². The first-order valence-corrected chi connectivity index (χ1v) is 8.14. The van der Waals surface area contributed by atoms with Crippen molar-refractivity contribution < 1.29 is 14.6 Å². The van der Waals surface area contributed by atoms with E-state index in [0.29, 0.717) is 0 Å². The Morgan fingerprint density at radius 3 is 2.70 bits per heavy atom. The van der Waals surface area contributed by atoms with Gasteiger partial charge in [0.15, 0.2) is 0 Å². The minimum Gasteiger partial charge on any atom is -0.504 e. The Hall–Kier alpha value is -2.08. The molecule has 0 fully saturated rings. The zero-order valence-electron chi connectivity index (χ0n) is 14.1. The van der Waals surface area contributed by atoms with Crippen LogP contribution in [0.25, 0.3) is 10.7 Å². The van der Waals surface area contributed by atoms with Crippen molar-refractivity contribution in [3.8, 4) is 10.7 Å². The number of aromatic nitrogens is 2. The molecule has 0 aliphatic carbocycles. The van der Waals surface area contributed by atoms with Crippen LogP contribution in [0.4, 0.5) is 0 Å². The quantitative estimate of drug-likeness (QED) is 0.666. The summed E-state index contributed by atoms with van der Waals surface area (Å²) in [7, 11) is 1.44. The highest BCUT2D eigenvalue weighted by Gasteiger charge is 2.22. The van der Waals surface area contributed by atoms with Crippen molar-refractivity contribution in [2.45, 2.75) is 39.7 Å². The third kappa shape index (κ3) is 3.82. The number of rotatable bonds is 5. The van der Waals surface area contributed by atoms with E-state index in [1.54, 1.807) is 11.3 Å². The van der Waals surface area contributed by atoms with Crippen LogP contribution >= 0.6 is 11.3 Å². The maximum absolute atomic E-state index is 11.3. The summed E-state index contributed by atoms with van der Waals surface area (Å²) in [6.07, 6.45) is 3.12. The lowest BCUT2D eigenvalue weighted by atomic mass is 9.91. The molecule has 23 heavy (non-hydrogen) atoms. The summed E-state index contributed by atoms with van der Waals surface area (Å²) in [5.41, 5.74) is 2.17. The number of carbonyl (C=O) groups is 1. The Morgan fingerprint density at radius 1 is 1.48 bits per heavy atom. The van der Waals surface area contributed by atoms with Gasteiger partial charge in [0.25, 0.3) is 0 Å². The van der Waals surface area contributed by atoms with Crippen LogP contribution in [0.5, 0.6) is 0 Å². The Labute approximate surface area is 140 Å². The van der Waals surface area contributed by atoms with E-state index in [0.717, 1.165) is 16.4 Å². The Bertz CT molecular complexity index is 735. The molecule has 0 saturated heterocycles. The standard InChI is InChI=1S/C17H22N2O3S/c1-11-14(17(2,3)4)18-15(23-11)13-7-6-8-19(13)9-12(10-22-5)16(20)21/h6-8,10H,9H2,1-5H3,(H,20,21)/b12-10-. The fourth-order valence-electron chi connectivity index (χ4n) is 2.43. The zero-order valence-corrected chi connectivity index (χ0v) is 14.9. The van der Waals surface area contributed by atoms with E-state index in [-0.39, 0.29) is 17.5 Å². The molecule has 0 saturated carbocycles. The number of ether oxygens (including phenoxy) is 1. The van der Waals surface area contributed by atoms with Gasteiger partial charge in [0, 0.05) is 16.5 Å². The first-order valence-electron chi connectivity index (χ1n) is 7.32. The highest BCUT2D eigenvalue weighted by molar-refractivity contribution is 7.15. The SMILES string of the molecule is CO/C=C(/Cn1cccc1-c1nc(C(C)(C)C)c(C)s1)C(=O)O. The summed E-state index contributed by atoms with van der Waals surface area (Å²) in [6, 6.07) is 3.85. The number of hydrogen-bond donors (Lipinski definition) is 1. The number of aryl methyl sites for hydroxylation is 1. The van der Waals surface area contributed by atoms with Crippen LogP contribution in [-0.4, -0.2) is 27.7 Å². The lowest BCUT2D eigenvalue weighted by Crippen LogP contribution is -2.13. The maximum atomic E-state index is 11.3. The summed E-state index contributed by atoms with van der Waals surface area (Å²) in [4.78, 5) is 17.2. The molecule has 0 unspecified atom stereocenters. The van der Waals surface area contributed by atoms with Gasteiger partial charge in [-0.25, -0.2) is 9.78 Å². The summed E-state index contributed by atoms with van der Waals surface area (Å²) >= 11 is 1.63. The van der Waals surface area contributed by atoms with E-state index in [2.05, 4.69) is 27.7 Å². The van der Waals surface area contributed by atoms with Gasteiger partial charge in [-0.1, -0.05) is 20.8 Å². The third-order valence-corrected chi connectivity index (χ3v) is 4.42. The maximum Gasteiger partial charge on any atom is 0.336 e. The van der Waals surface area contributed by atoms with E-state index in [9.17, 15) is 9.90 Å². The van der Waals surface area contributed by atoms with Crippen LogP contribution in [0, 0.1) is 6.92 Å². The average Bonchev–Trinajstić information content (AvgIpc) is 3.03. The van der Waals surface area contributed by atoms with Crippen LogP contribution in [0.3, 0.4) is 0 Å². The van der Waals surface area contributed by atoms with Crippen LogP contribution in [-0.2, 0) is 21.5 Å². The van der Waals surface area contributed by atoms with Crippen LogP contribution < -0.4 is 0 Å². The molecule has 0 aliphatic rings. The van der Waals surface area contributed by atoms with E-state index in [1.807, 2.05) is 22.9 Å². The average molecular weight is 334 g/mol. The number of carboxylic acids is 1. The normalized spacial score (nSPS) is 12.5. The largest absolute Gasteiger partial charge is 0.504 e. The van der Waals surface area contributed by atoms with Crippen LogP contribution in [0.15, 0.2) is 30.2 Å². The van der Waals surface area contributed by atoms with E-state index in [4.69, 9.17) is 9.72 Å². The number of methoxy groups -OCH3 is 1. The summed E-state index contributed by atoms with van der Waals surface area (Å²) in [6.45, 7) is 8.72. The first kappa shape index (κ1) is 17.3. The van der Waals surface area contributed by atoms with Crippen molar-refractivity contribution >= 4 is 17.3 Å².